The van der Waals surface area contributed by atoms with Gasteiger partial charge in [-0.15, -0.1) is 0 Å². The maximum Gasteiger partial charge on any atom is 0.321 e. The van der Waals surface area contributed by atoms with Crippen molar-refractivity contribution in [2.45, 2.75) is 0 Å². The van der Waals surface area contributed by atoms with Crippen LogP contribution < -0.4 is 5.32 Å². The number of hydrogen-bond donors (Lipinski definition) is 2. The Labute approximate surface area is 159 Å². The minimum Gasteiger partial charge on any atom is -0.351 e. The van der Waals surface area contributed by atoms with E-state index in [9.17, 15) is 18.4 Å². The number of amides is 3. The van der Waals surface area contributed by atoms with Gasteiger partial charge in [0, 0.05) is 42.8 Å². The lowest BCUT2D eigenvalue weighted by atomic mass is 10.2. The highest BCUT2D eigenvalue weighted by atomic mass is 19.1. The molecule has 2 aromatic carbocycles. The van der Waals surface area contributed by atoms with Crippen molar-refractivity contribution in [3.05, 3.63) is 65.9 Å². The van der Waals surface area contributed by atoms with Gasteiger partial charge >= 0.3 is 6.03 Å². The Morgan fingerprint density at radius 1 is 0.857 bits per heavy atom. The molecule has 28 heavy (non-hydrogen) atoms. The molecule has 6 nitrogen and oxygen atoms in total. The number of anilines is 1. The zero-order valence-electron chi connectivity index (χ0n) is 14.9. The van der Waals surface area contributed by atoms with Crippen molar-refractivity contribution < 1.29 is 18.4 Å². The molecule has 0 spiro atoms. The zero-order chi connectivity index (χ0) is 19.7. The van der Waals surface area contributed by atoms with Crippen LogP contribution in [0.25, 0.3) is 10.9 Å². The second-order valence-electron chi connectivity index (χ2n) is 6.63. The van der Waals surface area contributed by atoms with Crippen LogP contribution >= 0.6 is 0 Å². The van der Waals surface area contributed by atoms with Crippen LogP contribution in [0.3, 0.4) is 0 Å². The lowest BCUT2D eigenvalue weighted by Crippen LogP contribution is -2.51. The summed E-state index contributed by atoms with van der Waals surface area (Å²) in [7, 11) is 0. The summed E-state index contributed by atoms with van der Waals surface area (Å²) in [4.78, 5) is 31.3. The first-order chi connectivity index (χ1) is 13.5. The molecule has 0 aliphatic carbocycles. The summed E-state index contributed by atoms with van der Waals surface area (Å²) in [6.07, 6.45) is 0. The van der Waals surface area contributed by atoms with E-state index >= 15 is 0 Å². The standard InChI is InChI=1S/C20H18F2N4O2/c21-14-1-4-16(5-2-14)23-20(28)26-9-7-25(8-10-26)19(27)18-12-13-11-15(22)3-6-17(13)24-18/h1-6,11-12,24H,7-10H2,(H,23,28). The van der Waals surface area contributed by atoms with Gasteiger partial charge in [0.2, 0.25) is 0 Å². The average molecular weight is 384 g/mol. The third kappa shape index (κ3) is 3.66. The number of fused-ring (bicyclic) bond motifs is 1. The second-order valence-corrected chi connectivity index (χ2v) is 6.63. The van der Waals surface area contributed by atoms with Gasteiger partial charge in [-0.05, 0) is 48.5 Å². The molecule has 0 unspecified atom stereocenters. The van der Waals surface area contributed by atoms with Crippen LogP contribution in [0.15, 0.2) is 48.5 Å². The molecular weight excluding hydrogens is 366 g/mol. The third-order valence-corrected chi connectivity index (χ3v) is 4.76. The van der Waals surface area contributed by atoms with Gasteiger partial charge in [-0.2, -0.15) is 0 Å². The van der Waals surface area contributed by atoms with Crippen LogP contribution in [0.4, 0.5) is 19.3 Å². The van der Waals surface area contributed by atoms with Gasteiger partial charge in [0.05, 0.1) is 0 Å². The number of hydrogen-bond acceptors (Lipinski definition) is 2. The minimum atomic E-state index is -0.371. The number of carbonyl (C=O) groups excluding carboxylic acids is 2. The molecule has 8 heteroatoms. The molecule has 0 saturated carbocycles. The van der Waals surface area contributed by atoms with Crippen molar-refractivity contribution in [2.24, 2.45) is 0 Å². The van der Waals surface area contributed by atoms with Crippen LogP contribution in [0.5, 0.6) is 0 Å². The normalized spacial score (nSPS) is 14.4. The molecule has 3 amide bonds. The molecule has 0 radical (unpaired) electrons. The lowest BCUT2D eigenvalue weighted by molar-refractivity contribution is 0.0667. The van der Waals surface area contributed by atoms with Crippen LogP contribution in [0.2, 0.25) is 0 Å². The molecule has 1 saturated heterocycles. The summed E-state index contributed by atoms with van der Waals surface area (Å²) in [6.45, 7) is 1.54. The number of piperazine rings is 1. The van der Waals surface area contributed by atoms with Crippen LogP contribution in [-0.4, -0.2) is 52.9 Å². The average Bonchev–Trinajstić information content (AvgIpc) is 3.12. The van der Waals surface area contributed by atoms with Gasteiger partial charge in [-0.25, -0.2) is 13.6 Å². The Hall–Kier alpha value is -3.42. The zero-order valence-corrected chi connectivity index (χ0v) is 14.9. The number of aromatic nitrogens is 1. The molecule has 1 fully saturated rings. The Bertz CT molecular complexity index is 1020. The fourth-order valence-corrected chi connectivity index (χ4v) is 3.24. The molecule has 2 heterocycles. The van der Waals surface area contributed by atoms with E-state index in [2.05, 4.69) is 10.3 Å². The topological polar surface area (TPSA) is 68.4 Å². The number of urea groups is 1. The summed E-state index contributed by atoms with van der Waals surface area (Å²) < 4.78 is 26.3. The number of halogens is 2. The van der Waals surface area contributed by atoms with E-state index < -0.39 is 0 Å². The predicted octanol–water partition coefficient (Wildman–Crippen LogP) is 3.44. The SMILES string of the molecule is O=C(Nc1ccc(F)cc1)N1CCN(C(=O)c2cc3cc(F)ccc3[nH]2)CC1. The molecule has 0 atom stereocenters. The van der Waals surface area contributed by atoms with Gasteiger partial charge in [0.25, 0.3) is 5.91 Å². The first-order valence-corrected chi connectivity index (χ1v) is 8.89. The van der Waals surface area contributed by atoms with Crippen molar-refractivity contribution in [2.75, 3.05) is 31.5 Å². The van der Waals surface area contributed by atoms with Gasteiger partial charge in [-0.1, -0.05) is 0 Å². The smallest absolute Gasteiger partial charge is 0.321 e. The molecule has 1 aromatic heterocycles. The Morgan fingerprint density at radius 2 is 1.50 bits per heavy atom. The highest BCUT2D eigenvalue weighted by Crippen LogP contribution is 2.19. The highest BCUT2D eigenvalue weighted by Gasteiger charge is 2.25. The van der Waals surface area contributed by atoms with Crippen LogP contribution in [-0.2, 0) is 0 Å². The van der Waals surface area contributed by atoms with Crippen LogP contribution in [0, 0.1) is 11.6 Å². The number of benzene rings is 2. The fraction of sp³-hybridized carbons (Fsp3) is 0.200. The number of aromatic amines is 1. The van der Waals surface area contributed by atoms with E-state index in [1.165, 1.54) is 36.4 Å². The van der Waals surface area contributed by atoms with Crippen molar-refractivity contribution in [1.29, 1.82) is 0 Å². The first-order valence-electron chi connectivity index (χ1n) is 8.89. The Morgan fingerprint density at radius 3 is 2.21 bits per heavy atom. The largest absolute Gasteiger partial charge is 0.351 e. The Balaban J connectivity index is 1.36. The molecule has 0 bridgehead atoms. The van der Waals surface area contributed by atoms with E-state index in [1.807, 2.05) is 0 Å². The van der Waals surface area contributed by atoms with Crippen LogP contribution in [0.1, 0.15) is 10.5 Å². The number of carbonyl (C=O) groups is 2. The summed E-state index contributed by atoms with van der Waals surface area (Å²) in [6, 6.07) is 11.2. The number of rotatable bonds is 2. The van der Waals surface area contributed by atoms with Crippen molar-refractivity contribution in [3.63, 3.8) is 0 Å². The molecule has 1 aliphatic heterocycles. The molecule has 2 N–H and O–H groups in total. The van der Waals surface area contributed by atoms with Gasteiger partial charge < -0.3 is 20.1 Å². The van der Waals surface area contributed by atoms with E-state index in [4.69, 9.17) is 0 Å². The highest BCUT2D eigenvalue weighted by molar-refractivity contribution is 5.98. The molecule has 144 valence electrons. The number of nitrogens with one attached hydrogen (secondary N) is 2. The molecule has 1 aliphatic rings. The molecule has 3 aromatic rings. The minimum absolute atomic E-state index is 0.185. The predicted molar refractivity (Wildman–Crippen MR) is 101 cm³/mol. The van der Waals surface area contributed by atoms with E-state index in [0.717, 1.165) is 0 Å². The first kappa shape index (κ1) is 18.0. The maximum absolute atomic E-state index is 13.3. The van der Waals surface area contributed by atoms with E-state index in [-0.39, 0.29) is 23.6 Å². The summed E-state index contributed by atoms with van der Waals surface area (Å²) in [5, 5.41) is 3.35. The summed E-state index contributed by atoms with van der Waals surface area (Å²) in [5.74, 6) is -0.911. The summed E-state index contributed by atoms with van der Waals surface area (Å²) >= 11 is 0. The third-order valence-electron chi connectivity index (χ3n) is 4.76. The lowest BCUT2D eigenvalue weighted by Gasteiger charge is -2.34. The maximum atomic E-state index is 13.3. The van der Waals surface area contributed by atoms with Crippen molar-refractivity contribution in [3.8, 4) is 0 Å². The van der Waals surface area contributed by atoms with Gasteiger partial charge in [0.15, 0.2) is 0 Å². The van der Waals surface area contributed by atoms with E-state index in [1.54, 1.807) is 21.9 Å². The quantitative estimate of drug-likeness (QED) is 0.711. The van der Waals surface area contributed by atoms with Gasteiger partial charge in [-0.3, -0.25) is 4.79 Å². The fourth-order valence-electron chi connectivity index (χ4n) is 3.24. The monoisotopic (exact) mass is 384 g/mol. The second kappa shape index (κ2) is 7.30. The molecule has 4 rings (SSSR count). The van der Waals surface area contributed by atoms with Crippen molar-refractivity contribution >= 4 is 28.5 Å². The van der Waals surface area contributed by atoms with Crippen molar-refractivity contribution in [1.82, 2.24) is 14.8 Å². The van der Waals surface area contributed by atoms with E-state index in [0.29, 0.717) is 48.5 Å². The number of H-pyrrole nitrogens is 1. The summed E-state index contributed by atoms with van der Waals surface area (Å²) in [5.41, 5.74) is 1.60. The number of nitrogens with zero attached hydrogens (tertiary/aromatic N) is 2. The van der Waals surface area contributed by atoms with Gasteiger partial charge in [0.1, 0.15) is 17.3 Å². The molecular formula is C20H18F2N4O2. The Kier molecular flexibility index (Phi) is 4.68.